The van der Waals surface area contributed by atoms with Gasteiger partial charge in [-0.2, -0.15) is 0 Å². The number of aryl methyl sites for hydroxylation is 1. The molecule has 2 aromatic heterocycles. The van der Waals surface area contributed by atoms with E-state index in [2.05, 4.69) is 15.1 Å². The summed E-state index contributed by atoms with van der Waals surface area (Å²) in [5.74, 6) is 0. The fourth-order valence-electron chi connectivity index (χ4n) is 1.44. The lowest BCUT2D eigenvalue weighted by Crippen LogP contribution is -2.12. The fraction of sp³-hybridized carbons (Fsp3) is 0.100. The molecule has 2 rings (SSSR count). The van der Waals surface area contributed by atoms with Crippen molar-refractivity contribution in [2.75, 3.05) is 0 Å². The van der Waals surface area contributed by atoms with Crippen LogP contribution < -0.4 is 5.56 Å². The van der Waals surface area contributed by atoms with Gasteiger partial charge in [-0.15, -0.1) is 0 Å². The molecule has 76 valence electrons. The van der Waals surface area contributed by atoms with Crippen LogP contribution >= 0.6 is 0 Å². The third-order valence-corrected chi connectivity index (χ3v) is 2.20. The van der Waals surface area contributed by atoms with Gasteiger partial charge in [-0.3, -0.25) is 9.78 Å². The summed E-state index contributed by atoms with van der Waals surface area (Å²) in [7, 11) is 0. The number of aromatic nitrogens is 2. The maximum absolute atomic E-state index is 11.5. The highest BCUT2D eigenvalue weighted by atomic mass is 16.4. The monoisotopic (exact) mass is 203 g/mol. The third kappa shape index (κ3) is 1.59. The van der Waals surface area contributed by atoms with Crippen LogP contribution in [0.5, 0.6) is 0 Å². The Hall–Kier alpha value is -2.17. The molecule has 0 saturated heterocycles. The van der Waals surface area contributed by atoms with Crippen molar-refractivity contribution in [3.05, 3.63) is 39.9 Å². The number of fused-ring (bicyclic) bond motifs is 1. The van der Waals surface area contributed by atoms with Crippen LogP contribution in [0, 0.1) is 6.92 Å². The van der Waals surface area contributed by atoms with Crippen molar-refractivity contribution in [3.63, 3.8) is 0 Å². The molecule has 0 unspecified atom stereocenters. The van der Waals surface area contributed by atoms with Crippen LogP contribution in [0.15, 0.2) is 28.3 Å². The molecule has 0 aliphatic rings. The molecule has 5 nitrogen and oxygen atoms in total. The molecule has 0 spiro atoms. The Balaban J connectivity index is 2.83. The zero-order valence-electron chi connectivity index (χ0n) is 8.06. The smallest absolute Gasteiger partial charge is 0.257 e. The molecule has 0 bridgehead atoms. The lowest BCUT2D eigenvalue weighted by molar-refractivity contribution is 0.322. The van der Waals surface area contributed by atoms with Crippen LogP contribution in [0.3, 0.4) is 0 Å². The number of nitrogens with zero attached hydrogens (tertiary/aromatic N) is 2. The van der Waals surface area contributed by atoms with E-state index in [9.17, 15) is 4.79 Å². The Morgan fingerprint density at radius 3 is 3.13 bits per heavy atom. The highest BCUT2D eigenvalue weighted by molar-refractivity contribution is 5.88. The zero-order chi connectivity index (χ0) is 10.8. The van der Waals surface area contributed by atoms with Gasteiger partial charge in [-0.25, -0.2) is 0 Å². The Morgan fingerprint density at radius 1 is 1.60 bits per heavy atom. The maximum atomic E-state index is 11.5. The number of hydrogen-bond acceptors (Lipinski definition) is 4. The fourth-order valence-corrected chi connectivity index (χ4v) is 1.44. The predicted octanol–water partition coefficient (Wildman–Crippen LogP) is 1.04. The molecule has 0 aliphatic heterocycles. The second kappa shape index (κ2) is 3.53. The van der Waals surface area contributed by atoms with E-state index >= 15 is 0 Å². The van der Waals surface area contributed by atoms with E-state index in [1.807, 2.05) is 6.92 Å². The van der Waals surface area contributed by atoms with Gasteiger partial charge in [-0.05, 0) is 19.1 Å². The average Bonchev–Trinajstić information content (AvgIpc) is 2.21. The van der Waals surface area contributed by atoms with E-state index in [1.165, 1.54) is 0 Å². The van der Waals surface area contributed by atoms with Crippen molar-refractivity contribution in [2.24, 2.45) is 5.16 Å². The van der Waals surface area contributed by atoms with Gasteiger partial charge in [-0.1, -0.05) is 5.16 Å². The average molecular weight is 203 g/mol. The van der Waals surface area contributed by atoms with Crippen molar-refractivity contribution in [1.29, 1.82) is 0 Å². The lowest BCUT2D eigenvalue weighted by Gasteiger charge is -2.01. The molecular formula is C10H9N3O2. The van der Waals surface area contributed by atoms with Gasteiger partial charge in [0.15, 0.2) is 0 Å². The van der Waals surface area contributed by atoms with Crippen molar-refractivity contribution >= 4 is 17.1 Å². The van der Waals surface area contributed by atoms with Crippen LogP contribution in [-0.2, 0) is 0 Å². The molecule has 5 heteroatoms. The van der Waals surface area contributed by atoms with E-state index in [-0.39, 0.29) is 5.56 Å². The first-order valence-corrected chi connectivity index (χ1v) is 4.38. The van der Waals surface area contributed by atoms with Gasteiger partial charge in [0.2, 0.25) is 0 Å². The van der Waals surface area contributed by atoms with Crippen LogP contribution in [0.4, 0.5) is 0 Å². The molecule has 0 fully saturated rings. The van der Waals surface area contributed by atoms with E-state index in [0.717, 1.165) is 22.8 Å². The molecule has 2 aromatic rings. The Bertz CT molecular complexity index is 587. The van der Waals surface area contributed by atoms with E-state index in [4.69, 9.17) is 5.21 Å². The molecule has 0 aromatic carbocycles. The minimum atomic E-state index is -0.286. The lowest BCUT2D eigenvalue weighted by atomic mass is 10.1. The van der Waals surface area contributed by atoms with Gasteiger partial charge < -0.3 is 10.2 Å². The predicted molar refractivity (Wildman–Crippen MR) is 56.5 cm³/mol. The molecule has 0 atom stereocenters. The summed E-state index contributed by atoms with van der Waals surface area (Å²) in [6.07, 6.45) is 2.73. The molecule has 0 aliphatic carbocycles. The van der Waals surface area contributed by atoms with E-state index in [1.54, 1.807) is 18.3 Å². The number of nitrogens with one attached hydrogen (secondary N) is 1. The zero-order valence-corrected chi connectivity index (χ0v) is 8.06. The quantitative estimate of drug-likeness (QED) is 0.413. The number of hydrogen-bond donors (Lipinski definition) is 2. The largest absolute Gasteiger partial charge is 0.411 e. The number of oxime groups is 1. The summed E-state index contributed by atoms with van der Waals surface area (Å²) in [5, 5.41) is 12.1. The van der Waals surface area contributed by atoms with E-state index in [0.29, 0.717) is 5.56 Å². The molecule has 0 amide bonds. The van der Waals surface area contributed by atoms with Gasteiger partial charge in [0.1, 0.15) is 0 Å². The number of H-pyrrole nitrogens is 1. The van der Waals surface area contributed by atoms with Gasteiger partial charge in [0.25, 0.3) is 5.56 Å². The second-order valence-electron chi connectivity index (χ2n) is 3.16. The first-order chi connectivity index (χ1) is 7.22. The molecular weight excluding hydrogens is 194 g/mol. The highest BCUT2D eigenvalue weighted by Crippen LogP contribution is 2.12. The molecule has 2 heterocycles. The molecule has 2 N–H and O–H groups in total. The van der Waals surface area contributed by atoms with Crippen LogP contribution in [0.1, 0.15) is 11.3 Å². The Morgan fingerprint density at radius 2 is 2.40 bits per heavy atom. The Kier molecular flexibility index (Phi) is 2.21. The van der Waals surface area contributed by atoms with Crippen molar-refractivity contribution in [2.45, 2.75) is 6.92 Å². The minimum Gasteiger partial charge on any atom is -0.411 e. The highest BCUT2D eigenvalue weighted by Gasteiger charge is 2.03. The van der Waals surface area contributed by atoms with Crippen LogP contribution in [-0.4, -0.2) is 21.4 Å². The topological polar surface area (TPSA) is 78.3 Å². The number of rotatable bonds is 1. The van der Waals surface area contributed by atoms with E-state index < -0.39 is 0 Å². The number of aromatic amines is 1. The first-order valence-electron chi connectivity index (χ1n) is 4.38. The summed E-state index contributed by atoms with van der Waals surface area (Å²) in [4.78, 5) is 18.3. The SMILES string of the molecule is Cc1nccc2[nH]c(=O)c(/C=N\O)cc12. The third-order valence-electron chi connectivity index (χ3n) is 2.20. The van der Waals surface area contributed by atoms with Crippen molar-refractivity contribution < 1.29 is 5.21 Å². The summed E-state index contributed by atoms with van der Waals surface area (Å²) in [6.45, 7) is 1.85. The van der Waals surface area contributed by atoms with Crippen molar-refractivity contribution in [3.8, 4) is 0 Å². The van der Waals surface area contributed by atoms with Crippen molar-refractivity contribution in [1.82, 2.24) is 9.97 Å². The minimum absolute atomic E-state index is 0.286. The van der Waals surface area contributed by atoms with Gasteiger partial charge in [0, 0.05) is 17.3 Å². The second-order valence-corrected chi connectivity index (χ2v) is 3.16. The van der Waals surface area contributed by atoms with Crippen LogP contribution in [0.2, 0.25) is 0 Å². The number of pyridine rings is 2. The summed E-state index contributed by atoms with van der Waals surface area (Å²) in [5.41, 5.74) is 1.56. The summed E-state index contributed by atoms with van der Waals surface area (Å²) < 4.78 is 0. The van der Waals surface area contributed by atoms with Gasteiger partial charge in [0.05, 0.1) is 17.3 Å². The molecule has 0 radical (unpaired) electrons. The molecule has 15 heavy (non-hydrogen) atoms. The standard InChI is InChI=1S/C10H9N3O2/c1-6-8-4-7(5-12-15)10(14)13-9(8)2-3-11-6/h2-5,15H,1H3,(H,13,14)/b12-5-. The summed E-state index contributed by atoms with van der Waals surface area (Å²) >= 11 is 0. The normalized spacial score (nSPS) is 11.3. The van der Waals surface area contributed by atoms with Crippen LogP contribution in [0.25, 0.3) is 10.9 Å². The Labute approximate surface area is 85.1 Å². The molecule has 0 saturated carbocycles. The van der Waals surface area contributed by atoms with Gasteiger partial charge >= 0.3 is 0 Å². The summed E-state index contributed by atoms with van der Waals surface area (Å²) in [6, 6.07) is 3.37. The maximum Gasteiger partial charge on any atom is 0.257 e. The first kappa shape index (κ1) is 9.39.